The predicted octanol–water partition coefficient (Wildman–Crippen LogP) is 4.04. The Morgan fingerprint density at radius 1 is 1.00 bits per heavy atom. The number of halogens is 1. The molecule has 0 atom stereocenters. The molecule has 1 aliphatic heterocycles. The Bertz CT molecular complexity index is 638. The predicted molar refractivity (Wildman–Crippen MR) is 83.6 cm³/mol. The van der Waals surface area contributed by atoms with Gasteiger partial charge in [0.15, 0.2) is 0 Å². The van der Waals surface area contributed by atoms with E-state index < -0.39 is 0 Å². The van der Waals surface area contributed by atoms with Crippen molar-refractivity contribution < 1.29 is 4.79 Å². The molecule has 0 radical (unpaired) electrons. The van der Waals surface area contributed by atoms with Crippen molar-refractivity contribution >= 4 is 21.8 Å². The molecule has 2 aromatic rings. The molecule has 3 rings (SSSR count). The molecule has 0 unspecified atom stereocenters. The number of carbonyl (C=O) groups excluding carboxylic acids is 1. The van der Waals surface area contributed by atoms with Crippen molar-refractivity contribution in [3.8, 4) is 0 Å². The summed E-state index contributed by atoms with van der Waals surface area (Å²) < 4.78 is 0.863. The average molecular weight is 330 g/mol. The summed E-state index contributed by atoms with van der Waals surface area (Å²) in [5, 5.41) is 0. The van der Waals surface area contributed by atoms with E-state index in [1.165, 1.54) is 11.1 Å². The normalized spacial score (nSPS) is 14.6. The maximum atomic E-state index is 12.7. The van der Waals surface area contributed by atoms with Crippen molar-refractivity contribution in [1.82, 2.24) is 4.90 Å². The number of benzene rings is 2. The lowest BCUT2D eigenvalue weighted by Gasteiger charge is -2.21. The molecular formula is C17H16BrNO. The topological polar surface area (TPSA) is 20.3 Å². The van der Waals surface area contributed by atoms with Gasteiger partial charge in [-0.3, -0.25) is 4.79 Å². The molecule has 0 N–H and O–H groups in total. The van der Waals surface area contributed by atoms with E-state index in [9.17, 15) is 4.79 Å². The zero-order valence-corrected chi connectivity index (χ0v) is 12.8. The zero-order chi connectivity index (χ0) is 13.9. The molecule has 1 heterocycles. The Labute approximate surface area is 127 Å². The minimum absolute atomic E-state index is 0.106. The number of hydrogen-bond acceptors (Lipinski definition) is 1. The SMILES string of the molecule is O=C(c1ccccc1Br)N1CCCc2ccccc2C1. The van der Waals surface area contributed by atoms with E-state index >= 15 is 0 Å². The highest BCUT2D eigenvalue weighted by molar-refractivity contribution is 9.10. The number of aryl methyl sites for hydroxylation is 1. The summed E-state index contributed by atoms with van der Waals surface area (Å²) in [6, 6.07) is 16.0. The van der Waals surface area contributed by atoms with Crippen LogP contribution in [0.1, 0.15) is 27.9 Å². The maximum Gasteiger partial charge on any atom is 0.255 e. The van der Waals surface area contributed by atoms with Gasteiger partial charge in [0, 0.05) is 17.6 Å². The molecule has 0 saturated carbocycles. The van der Waals surface area contributed by atoms with Crippen molar-refractivity contribution in [3.63, 3.8) is 0 Å². The van der Waals surface area contributed by atoms with Crippen molar-refractivity contribution in [1.29, 1.82) is 0 Å². The fraction of sp³-hybridized carbons (Fsp3) is 0.235. The van der Waals surface area contributed by atoms with Crippen LogP contribution in [0.25, 0.3) is 0 Å². The standard InChI is InChI=1S/C17H16BrNO/c18-16-10-4-3-9-15(16)17(20)19-11-5-8-13-6-1-2-7-14(13)12-19/h1-4,6-7,9-10H,5,8,11-12H2. The number of hydrogen-bond donors (Lipinski definition) is 0. The third kappa shape index (κ3) is 2.63. The summed E-state index contributed by atoms with van der Waals surface area (Å²) in [6.45, 7) is 1.52. The smallest absolute Gasteiger partial charge is 0.255 e. The Morgan fingerprint density at radius 3 is 2.50 bits per heavy atom. The Balaban J connectivity index is 1.88. The van der Waals surface area contributed by atoms with E-state index in [2.05, 4.69) is 34.1 Å². The molecule has 102 valence electrons. The van der Waals surface area contributed by atoms with Crippen LogP contribution in [0, 0.1) is 0 Å². The summed E-state index contributed by atoms with van der Waals surface area (Å²) in [6.07, 6.45) is 2.07. The van der Waals surface area contributed by atoms with Gasteiger partial charge in [0.05, 0.1) is 5.56 Å². The van der Waals surface area contributed by atoms with Crippen LogP contribution in [0.15, 0.2) is 53.0 Å². The minimum Gasteiger partial charge on any atom is -0.334 e. The maximum absolute atomic E-state index is 12.7. The number of amides is 1. The van der Waals surface area contributed by atoms with Gasteiger partial charge in [0.25, 0.3) is 5.91 Å². The lowest BCUT2D eigenvalue weighted by atomic mass is 10.0. The molecule has 0 bridgehead atoms. The van der Waals surface area contributed by atoms with Crippen molar-refractivity contribution in [3.05, 3.63) is 69.7 Å². The van der Waals surface area contributed by atoms with Crippen LogP contribution in [0.5, 0.6) is 0 Å². The van der Waals surface area contributed by atoms with E-state index in [1.54, 1.807) is 0 Å². The number of carbonyl (C=O) groups is 1. The van der Waals surface area contributed by atoms with Crippen LogP contribution in [0.2, 0.25) is 0 Å². The molecule has 1 aliphatic rings. The summed E-state index contributed by atoms with van der Waals surface area (Å²) >= 11 is 3.47. The van der Waals surface area contributed by atoms with Gasteiger partial charge in [-0.1, -0.05) is 36.4 Å². The van der Waals surface area contributed by atoms with Gasteiger partial charge in [0.2, 0.25) is 0 Å². The molecule has 2 aromatic carbocycles. The quantitative estimate of drug-likeness (QED) is 0.773. The van der Waals surface area contributed by atoms with Crippen molar-refractivity contribution in [2.24, 2.45) is 0 Å². The van der Waals surface area contributed by atoms with Crippen LogP contribution in [-0.2, 0) is 13.0 Å². The fourth-order valence-electron chi connectivity index (χ4n) is 2.68. The highest BCUT2D eigenvalue weighted by Crippen LogP contribution is 2.23. The van der Waals surface area contributed by atoms with Gasteiger partial charge < -0.3 is 4.90 Å². The largest absolute Gasteiger partial charge is 0.334 e. The number of rotatable bonds is 1. The van der Waals surface area contributed by atoms with E-state index in [-0.39, 0.29) is 5.91 Å². The molecule has 0 fully saturated rings. The van der Waals surface area contributed by atoms with Crippen LogP contribution < -0.4 is 0 Å². The Kier molecular flexibility index (Phi) is 3.88. The summed E-state index contributed by atoms with van der Waals surface area (Å²) in [5.74, 6) is 0.106. The van der Waals surface area contributed by atoms with Gasteiger partial charge in [-0.15, -0.1) is 0 Å². The summed E-state index contributed by atoms with van der Waals surface area (Å²) in [4.78, 5) is 14.6. The first-order chi connectivity index (χ1) is 9.75. The molecule has 0 saturated heterocycles. The van der Waals surface area contributed by atoms with Crippen molar-refractivity contribution in [2.45, 2.75) is 19.4 Å². The third-order valence-corrected chi connectivity index (χ3v) is 4.44. The average Bonchev–Trinajstić information content (AvgIpc) is 2.69. The first-order valence-electron chi connectivity index (χ1n) is 6.86. The first-order valence-corrected chi connectivity index (χ1v) is 7.65. The summed E-state index contributed by atoms with van der Waals surface area (Å²) in [5.41, 5.74) is 3.38. The molecule has 2 nitrogen and oxygen atoms in total. The molecule has 1 amide bonds. The highest BCUT2D eigenvalue weighted by atomic mass is 79.9. The molecule has 0 spiro atoms. The van der Waals surface area contributed by atoms with Crippen molar-refractivity contribution in [2.75, 3.05) is 6.54 Å². The van der Waals surface area contributed by atoms with E-state index in [0.29, 0.717) is 6.54 Å². The summed E-state index contributed by atoms with van der Waals surface area (Å²) in [7, 11) is 0. The van der Waals surface area contributed by atoms with Gasteiger partial charge >= 0.3 is 0 Å². The molecule has 20 heavy (non-hydrogen) atoms. The number of nitrogens with zero attached hydrogens (tertiary/aromatic N) is 1. The Hall–Kier alpha value is -1.61. The molecule has 3 heteroatoms. The molecular weight excluding hydrogens is 314 g/mol. The van der Waals surface area contributed by atoms with Gasteiger partial charge in [-0.2, -0.15) is 0 Å². The minimum atomic E-state index is 0.106. The highest BCUT2D eigenvalue weighted by Gasteiger charge is 2.21. The van der Waals surface area contributed by atoms with E-state index in [4.69, 9.17) is 0 Å². The first kappa shape index (κ1) is 13.4. The zero-order valence-electron chi connectivity index (χ0n) is 11.2. The third-order valence-electron chi connectivity index (χ3n) is 3.75. The van der Waals surface area contributed by atoms with Gasteiger partial charge in [-0.25, -0.2) is 0 Å². The Morgan fingerprint density at radius 2 is 1.70 bits per heavy atom. The van der Waals surface area contributed by atoms with Crippen LogP contribution in [-0.4, -0.2) is 17.4 Å². The van der Waals surface area contributed by atoms with Crippen LogP contribution in [0.3, 0.4) is 0 Å². The van der Waals surface area contributed by atoms with E-state index in [0.717, 1.165) is 29.4 Å². The van der Waals surface area contributed by atoms with Crippen LogP contribution in [0.4, 0.5) is 0 Å². The molecule has 0 aliphatic carbocycles. The fourth-order valence-corrected chi connectivity index (χ4v) is 3.13. The number of fused-ring (bicyclic) bond motifs is 1. The lowest BCUT2D eigenvalue weighted by Crippen LogP contribution is -2.30. The van der Waals surface area contributed by atoms with Gasteiger partial charge in [-0.05, 0) is 52.0 Å². The second-order valence-corrected chi connectivity index (χ2v) is 5.93. The van der Waals surface area contributed by atoms with Crippen LogP contribution >= 0.6 is 15.9 Å². The van der Waals surface area contributed by atoms with E-state index in [1.807, 2.05) is 35.2 Å². The molecule has 0 aromatic heterocycles. The monoisotopic (exact) mass is 329 g/mol. The second-order valence-electron chi connectivity index (χ2n) is 5.08. The van der Waals surface area contributed by atoms with Gasteiger partial charge in [0.1, 0.15) is 0 Å². The second kappa shape index (κ2) is 5.80. The lowest BCUT2D eigenvalue weighted by molar-refractivity contribution is 0.0745.